The van der Waals surface area contributed by atoms with E-state index < -0.39 is 0 Å². The molecule has 1 aromatic carbocycles. The Morgan fingerprint density at radius 3 is 3.05 bits per heavy atom. The highest BCUT2D eigenvalue weighted by atomic mass is 19.1. The van der Waals surface area contributed by atoms with Gasteiger partial charge in [-0.2, -0.15) is 0 Å². The highest BCUT2D eigenvalue weighted by Gasteiger charge is 2.27. The van der Waals surface area contributed by atoms with E-state index in [9.17, 15) is 9.18 Å². The minimum absolute atomic E-state index is 0.0408. The molecule has 0 aromatic heterocycles. The second-order valence-corrected chi connectivity index (χ2v) is 5.86. The van der Waals surface area contributed by atoms with Gasteiger partial charge in [0.1, 0.15) is 11.6 Å². The summed E-state index contributed by atoms with van der Waals surface area (Å²) in [7, 11) is 2.14. The second-order valence-electron chi connectivity index (χ2n) is 5.86. The van der Waals surface area contributed by atoms with Crippen molar-refractivity contribution in [3.05, 3.63) is 24.0 Å². The van der Waals surface area contributed by atoms with Crippen LogP contribution in [0.15, 0.2) is 18.2 Å². The molecule has 1 aromatic rings. The first-order valence-corrected chi connectivity index (χ1v) is 7.58. The van der Waals surface area contributed by atoms with Gasteiger partial charge in [-0.3, -0.25) is 4.79 Å². The summed E-state index contributed by atoms with van der Waals surface area (Å²) in [4.78, 5) is 16.1. The third-order valence-corrected chi connectivity index (χ3v) is 4.47. The van der Waals surface area contributed by atoms with Gasteiger partial charge in [-0.25, -0.2) is 4.39 Å². The third-order valence-electron chi connectivity index (χ3n) is 4.47. The number of fused-ring (bicyclic) bond motifs is 1. The van der Waals surface area contributed by atoms with Gasteiger partial charge in [0.15, 0.2) is 6.61 Å². The molecule has 4 nitrogen and oxygen atoms in total. The van der Waals surface area contributed by atoms with E-state index in [0.29, 0.717) is 24.0 Å². The summed E-state index contributed by atoms with van der Waals surface area (Å²) in [5.74, 6) is 0.159. The fourth-order valence-electron chi connectivity index (χ4n) is 3.21. The molecule has 1 fully saturated rings. The maximum Gasteiger partial charge on any atom is 0.265 e. The Morgan fingerprint density at radius 1 is 1.38 bits per heavy atom. The van der Waals surface area contributed by atoms with Crippen molar-refractivity contribution < 1.29 is 13.9 Å². The highest BCUT2D eigenvalue weighted by molar-refractivity contribution is 5.97. The molecule has 0 saturated carbocycles. The molecule has 0 aliphatic carbocycles. The minimum atomic E-state index is -0.341. The number of ether oxygens (including phenoxy) is 1. The van der Waals surface area contributed by atoms with Gasteiger partial charge in [0, 0.05) is 18.7 Å². The van der Waals surface area contributed by atoms with Gasteiger partial charge in [-0.1, -0.05) is 6.42 Å². The minimum Gasteiger partial charge on any atom is -0.482 e. The largest absolute Gasteiger partial charge is 0.482 e. The Bertz CT molecular complexity index is 535. The van der Waals surface area contributed by atoms with Gasteiger partial charge in [-0.05, 0) is 45.0 Å². The first-order valence-electron chi connectivity index (χ1n) is 7.58. The second kappa shape index (κ2) is 6.02. The van der Waals surface area contributed by atoms with E-state index in [0.717, 1.165) is 13.0 Å². The van der Waals surface area contributed by atoms with E-state index >= 15 is 0 Å². The Labute approximate surface area is 124 Å². The van der Waals surface area contributed by atoms with Crippen LogP contribution in [0.1, 0.15) is 25.7 Å². The summed E-state index contributed by atoms with van der Waals surface area (Å²) in [6, 6.07) is 4.85. The number of hydrogen-bond acceptors (Lipinski definition) is 3. The maximum atomic E-state index is 13.5. The summed E-state index contributed by atoms with van der Waals surface area (Å²) < 4.78 is 18.8. The predicted octanol–water partition coefficient (Wildman–Crippen LogP) is 2.43. The molecule has 1 atom stereocenters. The molecule has 0 radical (unpaired) electrons. The molecule has 1 amide bonds. The third kappa shape index (κ3) is 3.02. The molecular weight excluding hydrogens is 271 g/mol. The molecule has 21 heavy (non-hydrogen) atoms. The molecule has 0 N–H and O–H groups in total. The molecule has 2 aliphatic heterocycles. The number of carbonyl (C=O) groups excluding carboxylic acids is 1. The predicted molar refractivity (Wildman–Crippen MR) is 79.1 cm³/mol. The van der Waals surface area contributed by atoms with Crippen LogP contribution in [-0.4, -0.2) is 43.6 Å². The number of piperidine rings is 1. The first kappa shape index (κ1) is 14.3. The monoisotopic (exact) mass is 292 g/mol. The number of anilines is 1. The van der Waals surface area contributed by atoms with Crippen LogP contribution in [0.3, 0.4) is 0 Å². The molecule has 1 saturated heterocycles. The van der Waals surface area contributed by atoms with E-state index in [1.54, 1.807) is 11.0 Å². The van der Waals surface area contributed by atoms with Gasteiger partial charge in [-0.15, -0.1) is 0 Å². The van der Waals surface area contributed by atoms with Crippen LogP contribution in [-0.2, 0) is 4.79 Å². The lowest BCUT2D eigenvalue weighted by Crippen LogP contribution is -2.43. The number of nitrogens with zero attached hydrogens (tertiary/aromatic N) is 2. The molecule has 3 rings (SSSR count). The zero-order valence-electron chi connectivity index (χ0n) is 12.3. The zero-order chi connectivity index (χ0) is 14.8. The van der Waals surface area contributed by atoms with E-state index in [2.05, 4.69) is 11.9 Å². The van der Waals surface area contributed by atoms with Crippen LogP contribution in [0, 0.1) is 5.82 Å². The van der Waals surface area contributed by atoms with E-state index in [1.807, 2.05) is 0 Å². The molecular formula is C16H21FN2O2. The van der Waals surface area contributed by atoms with Gasteiger partial charge in [0.25, 0.3) is 5.91 Å². The maximum absolute atomic E-state index is 13.5. The summed E-state index contributed by atoms with van der Waals surface area (Å²) in [5.41, 5.74) is 0.560. The average molecular weight is 292 g/mol. The summed E-state index contributed by atoms with van der Waals surface area (Å²) in [6.07, 6.45) is 4.58. The van der Waals surface area contributed by atoms with Crippen LogP contribution in [0.25, 0.3) is 0 Å². The number of rotatable bonds is 3. The first-order chi connectivity index (χ1) is 10.1. The van der Waals surface area contributed by atoms with E-state index in [4.69, 9.17) is 4.74 Å². The number of hydrogen-bond donors (Lipinski definition) is 0. The fraction of sp³-hybridized carbons (Fsp3) is 0.562. The Balaban J connectivity index is 1.72. The van der Waals surface area contributed by atoms with Crippen molar-refractivity contribution in [3.63, 3.8) is 0 Å². The lowest BCUT2D eigenvalue weighted by Gasteiger charge is -2.35. The summed E-state index contributed by atoms with van der Waals surface area (Å²) in [6.45, 7) is 1.78. The Hall–Kier alpha value is -1.62. The van der Waals surface area contributed by atoms with Crippen molar-refractivity contribution >= 4 is 11.6 Å². The molecule has 2 heterocycles. The molecule has 0 spiro atoms. The van der Waals surface area contributed by atoms with Crippen molar-refractivity contribution in [2.45, 2.75) is 31.7 Å². The average Bonchev–Trinajstić information content (AvgIpc) is 2.48. The quantitative estimate of drug-likeness (QED) is 0.858. The molecule has 2 aliphatic rings. The van der Waals surface area contributed by atoms with Crippen LogP contribution < -0.4 is 9.64 Å². The molecule has 1 unspecified atom stereocenters. The standard InChI is InChI=1S/C16H21FN2O2/c1-18-8-3-2-4-13(18)7-9-19-14-10-12(17)5-6-15(14)21-11-16(19)20/h5-6,10,13H,2-4,7-9,11H2,1H3. The summed E-state index contributed by atoms with van der Waals surface area (Å²) in [5, 5.41) is 0. The molecule has 0 bridgehead atoms. The van der Waals surface area contributed by atoms with Crippen LogP contribution in [0.2, 0.25) is 0 Å². The van der Waals surface area contributed by atoms with Crippen molar-refractivity contribution in [3.8, 4) is 5.75 Å². The van der Waals surface area contributed by atoms with Gasteiger partial charge >= 0.3 is 0 Å². The molecule has 114 valence electrons. The van der Waals surface area contributed by atoms with Crippen LogP contribution in [0.4, 0.5) is 10.1 Å². The van der Waals surface area contributed by atoms with Crippen LogP contribution >= 0.6 is 0 Å². The van der Waals surface area contributed by atoms with Gasteiger partial charge in [0.05, 0.1) is 5.69 Å². The lowest BCUT2D eigenvalue weighted by atomic mass is 9.99. The SMILES string of the molecule is CN1CCCCC1CCN1C(=O)COc2ccc(F)cc21. The number of carbonyl (C=O) groups is 1. The molecule has 5 heteroatoms. The smallest absolute Gasteiger partial charge is 0.265 e. The van der Waals surface area contributed by atoms with Crippen molar-refractivity contribution in [1.29, 1.82) is 0 Å². The van der Waals surface area contributed by atoms with Crippen molar-refractivity contribution in [1.82, 2.24) is 4.90 Å². The van der Waals surface area contributed by atoms with E-state index in [1.165, 1.54) is 31.4 Å². The van der Waals surface area contributed by atoms with Gasteiger partial charge in [0.2, 0.25) is 0 Å². The van der Waals surface area contributed by atoms with E-state index in [-0.39, 0.29) is 18.3 Å². The fourth-order valence-corrected chi connectivity index (χ4v) is 3.21. The number of likely N-dealkylation sites (tertiary alicyclic amines) is 1. The van der Waals surface area contributed by atoms with Crippen LogP contribution in [0.5, 0.6) is 5.75 Å². The zero-order valence-corrected chi connectivity index (χ0v) is 12.3. The van der Waals surface area contributed by atoms with Crippen molar-refractivity contribution in [2.24, 2.45) is 0 Å². The Morgan fingerprint density at radius 2 is 2.24 bits per heavy atom. The number of halogens is 1. The normalized spacial score (nSPS) is 22.9. The number of amides is 1. The highest BCUT2D eigenvalue weighted by Crippen LogP contribution is 2.33. The number of benzene rings is 1. The van der Waals surface area contributed by atoms with Crippen molar-refractivity contribution in [2.75, 3.05) is 31.6 Å². The summed E-state index contributed by atoms with van der Waals surface area (Å²) >= 11 is 0. The topological polar surface area (TPSA) is 32.8 Å². The lowest BCUT2D eigenvalue weighted by molar-refractivity contribution is -0.121. The Kier molecular flexibility index (Phi) is 4.10. The van der Waals surface area contributed by atoms with Gasteiger partial charge < -0.3 is 14.5 Å².